The third kappa shape index (κ3) is 3.44. The van der Waals surface area contributed by atoms with Gasteiger partial charge in [0.1, 0.15) is 12.4 Å². The molecule has 2 aromatic rings. The summed E-state index contributed by atoms with van der Waals surface area (Å²) in [5.41, 5.74) is 2.22. The van der Waals surface area contributed by atoms with Gasteiger partial charge in [-0.25, -0.2) is 15.0 Å². The van der Waals surface area contributed by atoms with Crippen LogP contribution in [0.5, 0.6) is 0 Å². The largest absolute Gasteiger partial charge is 0.369 e. The van der Waals surface area contributed by atoms with Crippen molar-refractivity contribution in [3.05, 3.63) is 42.6 Å². The first-order valence-corrected chi connectivity index (χ1v) is 8.90. The standard InChI is InChI=1S/C15H19N5O3S/c1-19(2)24(21,22)20-6-7-23-15(10-20)14-5-3-4-13(18-14)12-8-16-11-17-9-12/h3-5,8-9,11,15H,6-7,10H2,1-2H3/t15-/m1/s1. The minimum Gasteiger partial charge on any atom is -0.369 e. The van der Waals surface area contributed by atoms with Crippen molar-refractivity contribution < 1.29 is 13.2 Å². The molecule has 0 saturated carbocycles. The monoisotopic (exact) mass is 349 g/mol. The molecular weight excluding hydrogens is 330 g/mol. The van der Waals surface area contributed by atoms with Gasteiger partial charge < -0.3 is 4.74 Å². The Labute approximate surface area is 141 Å². The molecule has 0 aromatic carbocycles. The molecule has 0 radical (unpaired) electrons. The fraction of sp³-hybridized carbons (Fsp3) is 0.400. The van der Waals surface area contributed by atoms with Crippen molar-refractivity contribution in [2.24, 2.45) is 0 Å². The van der Waals surface area contributed by atoms with Gasteiger partial charge in [-0.05, 0) is 12.1 Å². The molecule has 1 fully saturated rings. The van der Waals surface area contributed by atoms with E-state index in [-0.39, 0.29) is 6.54 Å². The maximum Gasteiger partial charge on any atom is 0.281 e. The van der Waals surface area contributed by atoms with Crippen molar-refractivity contribution >= 4 is 10.2 Å². The topological polar surface area (TPSA) is 88.5 Å². The number of hydrogen-bond donors (Lipinski definition) is 0. The summed E-state index contributed by atoms with van der Waals surface area (Å²) >= 11 is 0. The van der Waals surface area contributed by atoms with E-state index in [4.69, 9.17) is 4.74 Å². The van der Waals surface area contributed by atoms with Gasteiger partial charge in [-0.1, -0.05) is 6.07 Å². The first kappa shape index (κ1) is 16.9. The van der Waals surface area contributed by atoms with E-state index in [1.54, 1.807) is 12.4 Å². The van der Waals surface area contributed by atoms with Crippen molar-refractivity contribution in [1.82, 2.24) is 23.6 Å². The molecular formula is C15H19N5O3S. The van der Waals surface area contributed by atoms with Crippen LogP contribution < -0.4 is 0 Å². The van der Waals surface area contributed by atoms with Crippen LogP contribution in [-0.4, -0.2) is 65.8 Å². The predicted octanol–water partition coefficient (Wildman–Crippen LogP) is 0.718. The Morgan fingerprint density at radius 2 is 2.00 bits per heavy atom. The van der Waals surface area contributed by atoms with Gasteiger partial charge in [-0.3, -0.25) is 0 Å². The van der Waals surface area contributed by atoms with Gasteiger partial charge in [-0.15, -0.1) is 0 Å². The molecule has 128 valence electrons. The maximum absolute atomic E-state index is 12.3. The quantitative estimate of drug-likeness (QED) is 0.808. The van der Waals surface area contributed by atoms with Crippen LogP contribution in [0.3, 0.4) is 0 Å². The molecule has 0 N–H and O–H groups in total. The molecule has 2 aromatic heterocycles. The summed E-state index contributed by atoms with van der Waals surface area (Å²) in [6.45, 7) is 0.906. The van der Waals surface area contributed by atoms with Gasteiger partial charge in [0.15, 0.2) is 0 Å². The molecule has 24 heavy (non-hydrogen) atoms. The zero-order valence-electron chi connectivity index (χ0n) is 13.5. The van der Waals surface area contributed by atoms with Crippen molar-refractivity contribution in [2.45, 2.75) is 6.10 Å². The third-order valence-electron chi connectivity index (χ3n) is 3.77. The highest BCUT2D eigenvalue weighted by Crippen LogP contribution is 2.25. The predicted molar refractivity (Wildman–Crippen MR) is 88.1 cm³/mol. The molecule has 0 unspecified atom stereocenters. The Hall–Kier alpha value is -1.94. The normalized spacial score (nSPS) is 19.5. The van der Waals surface area contributed by atoms with Crippen LogP contribution in [0.2, 0.25) is 0 Å². The van der Waals surface area contributed by atoms with E-state index in [2.05, 4.69) is 15.0 Å². The Bertz CT molecular complexity index is 798. The third-order valence-corrected chi connectivity index (χ3v) is 5.68. The Balaban J connectivity index is 1.84. The summed E-state index contributed by atoms with van der Waals surface area (Å²) in [7, 11) is -0.420. The molecule has 8 nitrogen and oxygen atoms in total. The molecule has 1 atom stereocenters. The van der Waals surface area contributed by atoms with E-state index >= 15 is 0 Å². The lowest BCUT2D eigenvalue weighted by molar-refractivity contribution is -0.00616. The second-order valence-corrected chi connectivity index (χ2v) is 7.72. The highest BCUT2D eigenvalue weighted by atomic mass is 32.2. The lowest BCUT2D eigenvalue weighted by Crippen LogP contribution is -2.47. The average Bonchev–Trinajstić information content (AvgIpc) is 2.62. The summed E-state index contributed by atoms with van der Waals surface area (Å²) in [6.07, 6.45) is 4.42. The maximum atomic E-state index is 12.3. The molecule has 0 aliphatic carbocycles. The average molecular weight is 349 g/mol. The van der Waals surface area contributed by atoms with Gasteiger partial charge in [0.2, 0.25) is 0 Å². The lowest BCUT2D eigenvalue weighted by atomic mass is 10.1. The summed E-state index contributed by atoms with van der Waals surface area (Å²) in [5.74, 6) is 0. The van der Waals surface area contributed by atoms with E-state index in [0.29, 0.717) is 18.8 Å². The van der Waals surface area contributed by atoms with E-state index in [1.807, 2.05) is 18.2 Å². The molecule has 3 rings (SSSR count). The zero-order chi connectivity index (χ0) is 17.2. The van der Waals surface area contributed by atoms with Crippen LogP contribution in [0, 0.1) is 0 Å². The van der Waals surface area contributed by atoms with Gasteiger partial charge in [0, 0.05) is 45.1 Å². The minimum atomic E-state index is -3.46. The van der Waals surface area contributed by atoms with Crippen LogP contribution >= 0.6 is 0 Å². The first-order valence-electron chi connectivity index (χ1n) is 7.50. The molecule has 1 aliphatic rings. The van der Waals surface area contributed by atoms with E-state index in [1.165, 1.54) is 29.0 Å². The summed E-state index contributed by atoms with van der Waals surface area (Å²) in [4.78, 5) is 12.6. The number of morpholine rings is 1. The Morgan fingerprint density at radius 1 is 1.25 bits per heavy atom. The number of pyridine rings is 1. The molecule has 1 aliphatic heterocycles. The fourth-order valence-electron chi connectivity index (χ4n) is 2.47. The second-order valence-electron chi connectivity index (χ2n) is 5.58. The minimum absolute atomic E-state index is 0.238. The van der Waals surface area contributed by atoms with Gasteiger partial charge in [0.25, 0.3) is 10.2 Å². The van der Waals surface area contributed by atoms with Crippen molar-refractivity contribution in [2.75, 3.05) is 33.8 Å². The molecule has 0 bridgehead atoms. The molecule has 0 spiro atoms. The van der Waals surface area contributed by atoms with E-state index < -0.39 is 16.3 Å². The van der Waals surface area contributed by atoms with Gasteiger partial charge in [0.05, 0.1) is 18.0 Å². The molecule has 0 amide bonds. The Morgan fingerprint density at radius 3 is 2.71 bits per heavy atom. The first-order chi connectivity index (χ1) is 11.5. The number of aromatic nitrogens is 3. The summed E-state index contributed by atoms with van der Waals surface area (Å²) in [6, 6.07) is 5.57. The fourth-order valence-corrected chi connectivity index (χ4v) is 3.56. The molecule has 3 heterocycles. The van der Waals surface area contributed by atoms with Crippen LogP contribution in [0.1, 0.15) is 11.8 Å². The van der Waals surface area contributed by atoms with Gasteiger partial charge in [-0.2, -0.15) is 17.0 Å². The number of hydrogen-bond acceptors (Lipinski definition) is 6. The van der Waals surface area contributed by atoms with Crippen molar-refractivity contribution in [3.63, 3.8) is 0 Å². The number of nitrogens with zero attached hydrogens (tertiary/aromatic N) is 5. The van der Waals surface area contributed by atoms with Crippen LogP contribution in [0.15, 0.2) is 36.9 Å². The van der Waals surface area contributed by atoms with Crippen molar-refractivity contribution in [3.8, 4) is 11.3 Å². The molecule has 9 heteroatoms. The smallest absolute Gasteiger partial charge is 0.281 e. The SMILES string of the molecule is CN(C)S(=O)(=O)N1CCO[C@@H](c2cccc(-c3cncnc3)n2)C1. The van der Waals surface area contributed by atoms with Crippen molar-refractivity contribution in [1.29, 1.82) is 0 Å². The summed E-state index contributed by atoms with van der Waals surface area (Å²) in [5, 5.41) is 0. The number of rotatable bonds is 4. The van der Waals surface area contributed by atoms with Crippen LogP contribution in [0.4, 0.5) is 0 Å². The highest BCUT2D eigenvalue weighted by Gasteiger charge is 2.32. The van der Waals surface area contributed by atoms with E-state index in [0.717, 1.165) is 11.3 Å². The van der Waals surface area contributed by atoms with E-state index in [9.17, 15) is 8.42 Å². The van der Waals surface area contributed by atoms with Crippen LogP contribution in [-0.2, 0) is 14.9 Å². The van der Waals surface area contributed by atoms with Crippen LogP contribution in [0.25, 0.3) is 11.3 Å². The highest BCUT2D eigenvalue weighted by molar-refractivity contribution is 7.86. The summed E-state index contributed by atoms with van der Waals surface area (Å²) < 4.78 is 33.0. The lowest BCUT2D eigenvalue weighted by Gasteiger charge is -2.33. The molecule has 1 saturated heterocycles. The second kappa shape index (κ2) is 6.89. The number of ether oxygens (including phenoxy) is 1. The Kier molecular flexibility index (Phi) is 4.86. The van der Waals surface area contributed by atoms with Gasteiger partial charge >= 0.3 is 0 Å². The zero-order valence-corrected chi connectivity index (χ0v) is 14.3.